The van der Waals surface area contributed by atoms with Gasteiger partial charge in [-0.15, -0.1) is 0 Å². The maximum Gasteiger partial charge on any atom is 0.257 e. The van der Waals surface area contributed by atoms with Gasteiger partial charge in [-0.1, -0.05) is 12.1 Å². The lowest BCUT2D eigenvalue weighted by Gasteiger charge is -2.10. The van der Waals surface area contributed by atoms with Gasteiger partial charge in [0.2, 0.25) is 0 Å². The van der Waals surface area contributed by atoms with Gasteiger partial charge >= 0.3 is 0 Å². The van der Waals surface area contributed by atoms with Crippen LogP contribution in [0.15, 0.2) is 48.8 Å². The molecular formula is C22H20N6O. The number of hydrogen-bond acceptors (Lipinski definition) is 5. The van der Waals surface area contributed by atoms with Crippen molar-refractivity contribution >= 4 is 22.8 Å². The molecule has 1 aliphatic rings. The zero-order valence-corrected chi connectivity index (χ0v) is 16.3. The van der Waals surface area contributed by atoms with E-state index in [4.69, 9.17) is 4.98 Å². The second-order valence-corrected chi connectivity index (χ2v) is 7.38. The minimum Gasteiger partial charge on any atom is -0.306 e. The molecule has 0 aliphatic heterocycles. The Hall–Kier alpha value is -3.61. The molecule has 4 aromatic rings. The van der Waals surface area contributed by atoms with E-state index in [0.29, 0.717) is 28.8 Å². The Balaban J connectivity index is 1.67. The predicted molar refractivity (Wildman–Crippen MR) is 110 cm³/mol. The number of nitrogens with one attached hydrogen (secondary N) is 1. The Labute approximate surface area is 167 Å². The average Bonchev–Trinajstić information content (AvgIpc) is 3.54. The fraction of sp³-hybridized carbons (Fsp3) is 0.227. The molecule has 1 amide bonds. The van der Waals surface area contributed by atoms with Crippen LogP contribution in [0.2, 0.25) is 0 Å². The molecule has 4 aromatic heterocycles. The fourth-order valence-corrected chi connectivity index (χ4v) is 3.51. The Kier molecular flexibility index (Phi) is 4.08. The molecule has 0 saturated heterocycles. The van der Waals surface area contributed by atoms with Crippen LogP contribution in [-0.2, 0) is 0 Å². The highest BCUT2D eigenvalue weighted by Crippen LogP contribution is 2.40. The highest BCUT2D eigenvalue weighted by molar-refractivity contribution is 6.12. The van der Waals surface area contributed by atoms with E-state index in [1.54, 1.807) is 17.1 Å². The number of rotatable bonds is 4. The first-order valence-electron chi connectivity index (χ1n) is 9.66. The summed E-state index contributed by atoms with van der Waals surface area (Å²) in [4.78, 5) is 26.8. The van der Waals surface area contributed by atoms with Gasteiger partial charge in [0.15, 0.2) is 11.5 Å². The molecule has 7 nitrogen and oxygen atoms in total. The van der Waals surface area contributed by atoms with E-state index < -0.39 is 0 Å². The minimum absolute atomic E-state index is 0.204. The molecule has 5 rings (SSSR count). The number of nitrogens with zero attached hydrogens (tertiary/aromatic N) is 5. The molecule has 7 heteroatoms. The van der Waals surface area contributed by atoms with Crippen molar-refractivity contribution in [3.05, 3.63) is 71.3 Å². The molecule has 1 saturated carbocycles. The number of hydrogen-bond donors (Lipinski definition) is 1. The summed E-state index contributed by atoms with van der Waals surface area (Å²) in [5, 5.41) is 8.34. The van der Waals surface area contributed by atoms with E-state index in [9.17, 15) is 4.79 Å². The quantitative estimate of drug-likeness (QED) is 0.576. The first kappa shape index (κ1) is 17.5. The number of carbonyl (C=O) groups excluding carboxylic acids is 1. The van der Waals surface area contributed by atoms with Crippen molar-refractivity contribution in [3.8, 4) is 5.82 Å². The van der Waals surface area contributed by atoms with Crippen molar-refractivity contribution in [2.75, 3.05) is 5.32 Å². The third-order valence-corrected chi connectivity index (χ3v) is 5.18. The number of aryl methyl sites for hydroxylation is 2. The summed E-state index contributed by atoms with van der Waals surface area (Å²) >= 11 is 0. The summed E-state index contributed by atoms with van der Waals surface area (Å²) in [6.45, 7) is 3.81. The molecule has 29 heavy (non-hydrogen) atoms. The second-order valence-electron chi connectivity index (χ2n) is 7.38. The number of amides is 1. The van der Waals surface area contributed by atoms with E-state index in [1.165, 1.54) is 0 Å². The first-order chi connectivity index (χ1) is 14.1. The van der Waals surface area contributed by atoms with Crippen molar-refractivity contribution in [1.82, 2.24) is 24.7 Å². The van der Waals surface area contributed by atoms with Crippen LogP contribution in [0.1, 0.15) is 46.1 Å². The van der Waals surface area contributed by atoms with E-state index in [-0.39, 0.29) is 5.91 Å². The summed E-state index contributed by atoms with van der Waals surface area (Å²) in [6, 6.07) is 11.3. The molecule has 1 N–H and O–H groups in total. The molecular weight excluding hydrogens is 364 g/mol. The summed E-state index contributed by atoms with van der Waals surface area (Å²) < 4.78 is 1.72. The summed E-state index contributed by atoms with van der Waals surface area (Å²) in [6.07, 6.45) is 5.58. The fourth-order valence-electron chi connectivity index (χ4n) is 3.51. The van der Waals surface area contributed by atoms with Crippen LogP contribution < -0.4 is 5.32 Å². The maximum atomic E-state index is 13.2. The number of pyridine rings is 3. The molecule has 1 aliphatic carbocycles. The first-order valence-corrected chi connectivity index (χ1v) is 9.66. The van der Waals surface area contributed by atoms with E-state index in [1.807, 2.05) is 50.2 Å². The van der Waals surface area contributed by atoms with Crippen LogP contribution in [-0.4, -0.2) is 30.6 Å². The third-order valence-electron chi connectivity index (χ3n) is 5.18. The zero-order valence-electron chi connectivity index (χ0n) is 16.3. The van der Waals surface area contributed by atoms with Gasteiger partial charge in [-0.25, -0.2) is 15.0 Å². The number of anilines is 1. The maximum absolute atomic E-state index is 13.2. The Morgan fingerprint density at radius 1 is 1.10 bits per heavy atom. The summed E-state index contributed by atoms with van der Waals surface area (Å²) in [5.41, 5.74) is 3.81. The molecule has 0 aromatic carbocycles. The van der Waals surface area contributed by atoms with Gasteiger partial charge in [-0.05, 0) is 56.5 Å². The third kappa shape index (κ3) is 3.14. The van der Waals surface area contributed by atoms with Crippen molar-refractivity contribution in [2.24, 2.45) is 0 Å². The summed E-state index contributed by atoms with van der Waals surface area (Å²) in [5.74, 6) is 1.43. The van der Waals surface area contributed by atoms with Gasteiger partial charge in [0.1, 0.15) is 5.82 Å². The molecule has 1 fully saturated rings. The number of carbonyl (C=O) groups is 1. The molecule has 0 radical (unpaired) electrons. The van der Waals surface area contributed by atoms with Crippen molar-refractivity contribution in [1.29, 1.82) is 0 Å². The van der Waals surface area contributed by atoms with E-state index in [0.717, 1.165) is 35.2 Å². The highest BCUT2D eigenvalue weighted by atomic mass is 16.1. The minimum atomic E-state index is -0.204. The van der Waals surface area contributed by atoms with Gasteiger partial charge in [-0.3, -0.25) is 4.79 Å². The highest BCUT2D eigenvalue weighted by Gasteiger charge is 2.29. The van der Waals surface area contributed by atoms with E-state index >= 15 is 0 Å². The molecule has 144 valence electrons. The van der Waals surface area contributed by atoms with Gasteiger partial charge in [0.25, 0.3) is 5.91 Å². The summed E-state index contributed by atoms with van der Waals surface area (Å²) in [7, 11) is 0. The number of aromatic nitrogens is 5. The van der Waals surface area contributed by atoms with Crippen molar-refractivity contribution in [3.63, 3.8) is 0 Å². The second kappa shape index (κ2) is 6.77. The number of fused-ring (bicyclic) bond motifs is 1. The molecule has 4 heterocycles. The van der Waals surface area contributed by atoms with Gasteiger partial charge in [0.05, 0.1) is 16.6 Å². The van der Waals surface area contributed by atoms with Crippen LogP contribution in [0.4, 0.5) is 5.82 Å². The monoisotopic (exact) mass is 384 g/mol. The average molecular weight is 384 g/mol. The van der Waals surface area contributed by atoms with Gasteiger partial charge in [-0.2, -0.15) is 9.78 Å². The van der Waals surface area contributed by atoms with Crippen molar-refractivity contribution < 1.29 is 4.79 Å². The van der Waals surface area contributed by atoms with Crippen LogP contribution in [0.25, 0.3) is 16.9 Å². The lowest BCUT2D eigenvalue weighted by molar-refractivity contribution is 0.102. The predicted octanol–water partition coefficient (Wildman–Crippen LogP) is 3.96. The largest absolute Gasteiger partial charge is 0.306 e. The van der Waals surface area contributed by atoms with Crippen LogP contribution in [0.3, 0.4) is 0 Å². The molecule has 0 bridgehead atoms. The Morgan fingerprint density at radius 2 is 1.93 bits per heavy atom. The van der Waals surface area contributed by atoms with Crippen LogP contribution in [0.5, 0.6) is 0 Å². The zero-order chi connectivity index (χ0) is 20.0. The lowest BCUT2D eigenvalue weighted by Crippen LogP contribution is -2.15. The van der Waals surface area contributed by atoms with Gasteiger partial charge in [0, 0.05) is 24.0 Å². The van der Waals surface area contributed by atoms with Gasteiger partial charge < -0.3 is 5.32 Å². The normalized spacial score (nSPS) is 13.6. The lowest BCUT2D eigenvalue weighted by atomic mass is 10.1. The topological polar surface area (TPSA) is 85.6 Å². The Bertz CT molecular complexity index is 1230. The van der Waals surface area contributed by atoms with Crippen LogP contribution in [0, 0.1) is 13.8 Å². The molecule has 0 atom stereocenters. The molecule has 0 unspecified atom stereocenters. The van der Waals surface area contributed by atoms with E-state index in [2.05, 4.69) is 20.4 Å². The standard InChI is InChI=1S/C22H20N6O/c1-13-6-5-11-24-20(13)26-22(29)16-12-17(15-8-9-15)25-21-19(16)14(2)27-28(21)18-7-3-4-10-23-18/h3-7,10-12,15H,8-9H2,1-2H3,(H,24,26,29). The SMILES string of the molecule is Cc1cccnc1NC(=O)c1cc(C2CC2)nc2c1c(C)nn2-c1ccccn1. The molecule has 0 spiro atoms. The Morgan fingerprint density at radius 3 is 2.66 bits per heavy atom. The van der Waals surface area contributed by atoms with Crippen molar-refractivity contribution in [2.45, 2.75) is 32.6 Å². The van der Waals surface area contributed by atoms with Crippen LogP contribution >= 0.6 is 0 Å². The smallest absolute Gasteiger partial charge is 0.257 e.